The van der Waals surface area contributed by atoms with Crippen LogP contribution in [0.3, 0.4) is 0 Å². The lowest BCUT2D eigenvalue weighted by Gasteiger charge is -2.33. The third-order valence-electron chi connectivity index (χ3n) is 3.83. The van der Waals surface area contributed by atoms with Gasteiger partial charge in [0.25, 0.3) is 0 Å². The van der Waals surface area contributed by atoms with Crippen LogP contribution in [0.5, 0.6) is 0 Å². The first-order valence-electron chi connectivity index (χ1n) is 6.93. The Hall–Kier alpha value is -1.62. The predicted molar refractivity (Wildman–Crippen MR) is 78.9 cm³/mol. The minimum atomic E-state index is 0.315. The third-order valence-corrected chi connectivity index (χ3v) is 4.02. The van der Waals surface area contributed by atoms with Gasteiger partial charge < -0.3 is 9.47 Å². The summed E-state index contributed by atoms with van der Waals surface area (Å²) in [4.78, 5) is 14.8. The van der Waals surface area contributed by atoms with Gasteiger partial charge in [0.05, 0.1) is 0 Å². The van der Waals surface area contributed by atoms with Crippen molar-refractivity contribution in [2.45, 2.75) is 26.3 Å². The quantitative estimate of drug-likeness (QED) is 0.816. The van der Waals surface area contributed by atoms with Gasteiger partial charge in [-0.1, -0.05) is 0 Å². The number of imidazole rings is 1. The summed E-state index contributed by atoms with van der Waals surface area (Å²) >= 11 is 5.88. The van der Waals surface area contributed by atoms with Gasteiger partial charge in [-0.2, -0.15) is 0 Å². The molecule has 5 nitrogen and oxygen atoms in total. The summed E-state index contributed by atoms with van der Waals surface area (Å²) in [5, 5.41) is 0.315. The van der Waals surface area contributed by atoms with Crippen molar-refractivity contribution in [3.8, 4) is 0 Å². The summed E-state index contributed by atoms with van der Waals surface area (Å²) < 4.78 is 2.22. The molecule has 1 fully saturated rings. The zero-order valence-electron chi connectivity index (χ0n) is 11.5. The van der Waals surface area contributed by atoms with E-state index in [0.29, 0.717) is 11.2 Å². The predicted octanol–water partition coefficient (Wildman–Crippen LogP) is 2.55. The van der Waals surface area contributed by atoms with Crippen LogP contribution < -0.4 is 4.90 Å². The molecule has 2 aromatic rings. The van der Waals surface area contributed by atoms with Crippen molar-refractivity contribution in [3.63, 3.8) is 0 Å². The number of nitrogens with zero attached hydrogens (tertiary/aromatic N) is 5. The number of hydrogen-bond acceptors (Lipinski definition) is 4. The van der Waals surface area contributed by atoms with Gasteiger partial charge in [-0.3, -0.25) is 0 Å². The van der Waals surface area contributed by atoms with Crippen LogP contribution >= 0.6 is 11.6 Å². The standard InChI is InChI=1S/C14H18ClN5/c1-11-16-6-8-19(11)9-12-3-2-7-20(10-12)13-4-5-17-14(15)18-13/h4-6,8,12H,2-3,7,9-10H2,1H3. The van der Waals surface area contributed by atoms with Crippen LogP contribution in [0.25, 0.3) is 0 Å². The van der Waals surface area contributed by atoms with Crippen LogP contribution in [0.15, 0.2) is 24.7 Å². The molecule has 0 N–H and O–H groups in total. The Kier molecular flexibility index (Phi) is 3.87. The van der Waals surface area contributed by atoms with Crippen molar-refractivity contribution >= 4 is 17.4 Å². The van der Waals surface area contributed by atoms with E-state index >= 15 is 0 Å². The number of anilines is 1. The first kappa shape index (κ1) is 13.4. The zero-order chi connectivity index (χ0) is 13.9. The zero-order valence-corrected chi connectivity index (χ0v) is 12.3. The minimum Gasteiger partial charge on any atom is -0.356 e. The highest BCUT2D eigenvalue weighted by Crippen LogP contribution is 2.23. The molecule has 1 unspecified atom stereocenters. The molecule has 20 heavy (non-hydrogen) atoms. The van der Waals surface area contributed by atoms with E-state index in [9.17, 15) is 0 Å². The molecule has 3 heterocycles. The van der Waals surface area contributed by atoms with Gasteiger partial charge in [-0.25, -0.2) is 15.0 Å². The molecule has 2 aromatic heterocycles. The lowest BCUT2D eigenvalue weighted by molar-refractivity contribution is 0.362. The van der Waals surface area contributed by atoms with Gasteiger partial charge in [-0.15, -0.1) is 0 Å². The van der Waals surface area contributed by atoms with E-state index < -0.39 is 0 Å². The van der Waals surface area contributed by atoms with Crippen LogP contribution in [-0.2, 0) is 6.54 Å². The number of halogens is 1. The number of rotatable bonds is 3. The molecule has 0 radical (unpaired) electrons. The Balaban J connectivity index is 1.69. The average molecular weight is 292 g/mol. The lowest BCUT2D eigenvalue weighted by atomic mass is 9.98. The molecule has 0 aromatic carbocycles. The van der Waals surface area contributed by atoms with E-state index in [1.54, 1.807) is 6.20 Å². The fourth-order valence-electron chi connectivity index (χ4n) is 2.80. The van der Waals surface area contributed by atoms with Crippen molar-refractivity contribution in [2.75, 3.05) is 18.0 Å². The Bertz CT molecular complexity index is 582. The maximum atomic E-state index is 5.88. The van der Waals surface area contributed by atoms with Crippen molar-refractivity contribution < 1.29 is 0 Å². The molecule has 0 bridgehead atoms. The van der Waals surface area contributed by atoms with Crippen molar-refractivity contribution in [1.29, 1.82) is 0 Å². The van der Waals surface area contributed by atoms with Gasteiger partial charge in [0.15, 0.2) is 0 Å². The van der Waals surface area contributed by atoms with Crippen LogP contribution in [0.2, 0.25) is 5.28 Å². The maximum absolute atomic E-state index is 5.88. The maximum Gasteiger partial charge on any atom is 0.224 e. The molecule has 1 saturated heterocycles. The van der Waals surface area contributed by atoms with Crippen molar-refractivity contribution in [3.05, 3.63) is 35.8 Å². The second-order valence-corrected chi connectivity index (χ2v) is 5.60. The first-order chi connectivity index (χ1) is 9.72. The van der Waals surface area contributed by atoms with Gasteiger partial charge >= 0.3 is 0 Å². The van der Waals surface area contributed by atoms with Crippen LogP contribution in [0, 0.1) is 12.8 Å². The second-order valence-electron chi connectivity index (χ2n) is 5.26. The molecular formula is C14H18ClN5. The smallest absolute Gasteiger partial charge is 0.224 e. The summed E-state index contributed by atoms with van der Waals surface area (Å²) in [6.07, 6.45) is 8.05. The van der Waals surface area contributed by atoms with E-state index in [1.807, 2.05) is 19.2 Å². The third kappa shape index (κ3) is 2.93. The summed E-state index contributed by atoms with van der Waals surface area (Å²) in [6, 6.07) is 1.93. The van der Waals surface area contributed by atoms with Gasteiger partial charge in [0, 0.05) is 38.2 Å². The highest BCUT2D eigenvalue weighted by Gasteiger charge is 2.21. The fourth-order valence-corrected chi connectivity index (χ4v) is 2.94. The van der Waals surface area contributed by atoms with Crippen molar-refractivity contribution in [2.24, 2.45) is 5.92 Å². The van der Waals surface area contributed by atoms with Crippen LogP contribution in [0.4, 0.5) is 5.82 Å². The molecule has 1 aliphatic rings. The average Bonchev–Trinajstić information content (AvgIpc) is 2.85. The molecule has 6 heteroatoms. The highest BCUT2D eigenvalue weighted by molar-refractivity contribution is 6.28. The van der Waals surface area contributed by atoms with Gasteiger partial charge in [0.1, 0.15) is 11.6 Å². The number of piperidine rings is 1. The summed E-state index contributed by atoms with van der Waals surface area (Å²) in [5.41, 5.74) is 0. The number of aromatic nitrogens is 4. The molecule has 106 valence electrons. The number of aryl methyl sites for hydroxylation is 1. The summed E-state index contributed by atoms with van der Waals surface area (Å²) in [7, 11) is 0. The van der Waals surface area contributed by atoms with E-state index in [-0.39, 0.29) is 0 Å². The van der Waals surface area contributed by atoms with Crippen LogP contribution in [0.1, 0.15) is 18.7 Å². The molecule has 0 amide bonds. The molecule has 1 aliphatic heterocycles. The van der Waals surface area contributed by atoms with Crippen LogP contribution in [-0.4, -0.2) is 32.6 Å². The van der Waals surface area contributed by atoms with E-state index in [0.717, 1.165) is 31.3 Å². The summed E-state index contributed by atoms with van der Waals surface area (Å²) in [6.45, 7) is 5.10. The van der Waals surface area contributed by atoms with Gasteiger partial charge in [-0.05, 0) is 43.4 Å². The Morgan fingerprint density at radius 3 is 3.00 bits per heavy atom. The van der Waals surface area contributed by atoms with Crippen molar-refractivity contribution in [1.82, 2.24) is 19.5 Å². The molecule has 3 rings (SSSR count). The van der Waals surface area contributed by atoms with E-state index in [2.05, 4.69) is 30.6 Å². The molecular weight excluding hydrogens is 274 g/mol. The molecule has 1 atom stereocenters. The fraction of sp³-hybridized carbons (Fsp3) is 0.500. The number of hydrogen-bond donors (Lipinski definition) is 0. The van der Waals surface area contributed by atoms with Gasteiger partial charge in [0.2, 0.25) is 5.28 Å². The topological polar surface area (TPSA) is 46.8 Å². The largest absolute Gasteiger partial charge is 0.356 e. The molecule has 0 aliphatic carbocycles. The Labute approximate surface area is 123 Å². The van der Waals surface area contributed by atoms with E-state index in [1.165, 1.54) is 12.8 Å². The molecule has 0 spiro atoms. The first-order valence-corrected chi connectivity index (χ1v) is 7.31. The lowest BCUT2D eigenvalue weighted by Crippen LogP contribution is -2.37. The summed E-state index contributed by atoms with van der Waals surface area (Å²) in [5.74, 6) is 2.62. The Morgan fingerprint density at radius 1 is 1.35 bits per heavy atom. The highest BCUT2D eigenvalue weighted by atomic mass is 35.5. The molecule has 0 saturated carbocycles. The Morgan fingerprint density at radius 2 is 2.25 bits per heavy atom. The minimum absolute atomic E-state index is 0.315. The monoisotopic (exact) mass is 291 g/mol. The van der Waals surface area contributed by atoms with E-state index in [4.69, 9.17) is 11.6 Å². The second kappa shape index (κ2) is 5.79. The SMILES string of the molecule is Cc1nccn1CC1CCCN(c2ccnc(Cl)n2)C1. The normalized spacial score (nSPS) is 19.3.